The van der Waals surface area contributed by atoms with E-state index in [9.17, 15) is 4.79 Å². The average Bonchev–Trinajstić information content (AvgIpc) is 2.73. The first-order chi connectivity index (χ1) is 12.2. The molecule has 0 spiro atoms. The fourth-order valence-corrected chi connectivity index (χ4v) is 3.82. The third-order valence-electron chi connectivity index (χ3n) is 5.65. The molecule has 1 aliphatic carbocycles. The van der Waals surface area contributed by atoms with Crippen LogP contribution in [0.2, 0.25) is 0 Å². The van der Waals surface area contributed by atoms with Gasteiger partial charge in [-0.15, -0.1) is 0 Å². The van der Waals surface area contributed by atoms with E-state index in [-0.39, 0.29) is 0 Å². The van der Waals surface area contributed by atoms with Gasteiger partial charge in [0.2, 0.25) is 0 Å². The Labute approximate surface area is 156 Å². The molecule has 3 rings (SSSR count). The second-order valence-electron chi connectivity index (χ2n) is 8.35. The highest BCUT2D eigenvalue weighted by Gasteiger charge is 2.23. The van der Waals surface area contributed by atoms with Crippen LogP contribution < -0.4 is 0 Å². The second kappa shape index (κ2) is 7.11. The molecule has 0 aromatic heterocycles. The lowest BCUT2D eigenvalue weighted by Gasteiger charge is -2.21. The van der Waals surface area contributed by atoms with Crippen LogP contribution in [0.3, 0.4) is 0 Å². The fraction of sp³-hybridized carbons (Fsp3) is 0.375. The molecule has 0 amide bonds. The van der Waals surface area contributed by atoms with Crippen molar-refractivity contribution in [1.29, 1.82) is 0 Å². The molecule has 2 aromatic rings. The van der Waals surface area contributed by atoms with Gasteiger partial charge in [0, 0.05) is 0 Å². The Morgan fingerprint density at radius 1 is 1.04 bits per heavy atom. The van der Waals surface area contributed by atoms with Gasteiger partial charge in [0.05, 0.1) is 5.56 Å². The van der Waals surface area contributed by atoms with E-state index in [0.717, 1.165) is 12.0 Å². The molecule has 0 bridgehead atoms. The van der Waals surface area contributed by atoms with E-state index in [1.165, 1.54) is 47.1 Å². The molecule has 0 radical (unpaired) electrons. The minimum Gasteiger partial charge on any atom is -0.478 e. The predicted octanol–water partition coefficient (Wildman–Crippen LogP) is 6.16. The molecule has 2 aromatic carbocycles. The van der Waals surface area contributed by atoms with E-state index < -0.39 is 5.97 Å². The highest BCUT2D eigenvalue weighted by atomic mass is 16.4. The molecule has 0 atom stereocenters. The van der Waals surface area contributed by atoms with Gasteiger partial charge in [0.25, 0.3) is 0 Å². The van der Waals surface area contributed by atoms with Crippen molar-refractivity contribution >= 4 is 17.6 Å². The van der Waals surface area contributed by atoms with Crippen LogP contribution in [0.5, 0.6) is 0 Å². The maximum atomic E-state index is 11.0. The molecule has 0 unspecified atom stereocenters. The van der Waals surface area contributed by atoms with Crippen LogP contribution in [0.15, 0.2) is 36.4 Å². The average molecular weight is 348 g/mol. The van der Waals surface area contributed by atoms with Gasteiger partial charge in [-0.3, -0.25) is 0 Å². The Morgan fingerprint density at radius 2 is 1.62 bits per heavy atom. The lowest BCUT2D eigenvalue weighted by atomic mass is 9.85. The summed E-state index contributed by atoms with van der Waals surface area (Å²) in [6.07, 6.45) is 6.95. The smallest absolute Gasteiger partial charge is 0.335 e. The molecule has 0 saturated carbocycles. The molecular weight excluding hydrogens is 320 g/mol. The summed E-state index contributed by atoms with van der Waals surface area (Å²) in [4.78, 5) is 11.0. The number of carbonyl (C=O) groups is 1. The molecule has 0 heterocycles. The van der Waals surface area contributed by atoms with Gasteiger partial charge < -0.3 is 5.11 Å². The standard InChI is InChI=1S/C24H28O2/c1-16(13-18-5-7-19(8-6-18)23(25)26)22-15-21-10-12-24(3,4)11-9-20(21)14-17(22)2/h5-8,13-15H,9-12H2,1-4H3,(H,25,26)/b16-13-. The molecule has 136 valence electrons. The lowest BCUT2D eigenvalue weighted by molar-refractivity contribution is 0.0697. The SMILES string of the molecule is C/C(=C/c1ccc(C(=O)O)cc1)c1cc2c(cc1C)CCC(C)(C)CC2. The summed E-state index contributed by atoms with van der Waals surface area (Å²) in [5, 5.41) is 9.03. The normalized spacial score (nSPS) is 16.7. The van der Waals surface area contributed by atoms with Gasteiger partial charge in [-0.05, 0) is 90.5 Å². The summed E-state index contributed by atoms with van der Waals surface area (Å²) < 4.78 is 0. The number of hydrogen-bond donors (Lipinski definition) is 1. The second-order valence-corrected chi connectivity index (χ2v) is 8.35. The molecule has 26 heavy (non-hydrogen) atoms. The number of benzene rings is 2. The minimum absolute atomic E-state index is 0.323. The zero-order chi connectivity index (χ0) is 18.9. The van der Waals surface area contributed by atoms with Crippen molar-refractivity contribution < 1.29 is 9.90 Å². The molecule has 2 heteroatoms. The van der Waals surface area contributed by atoms with E-state index in [2.05, 4.69) is 45.9 Å². The summed E-state index contributed by atoms with van der Waals surface area (Å²) in [7, 11) is 0. The third-order valence-corrected chi connectivity index (χ3v) is 5.65. The van der Waals surface area contributed by atoms with Crippen LogP contribution >= 0.6 is 0 Å². The Morgan fingerprint density at radius 3 is 2.19 bits per heavy atom. The quantitative estimate of drug-likeness (QED) is 0.533. The van der Waals surface area contributed by atoms with E-state index in [0.29, 0.717) is 11.0 Å². The van der Waals surface area contributed by atoms with Crippen molar-refractivity contribution in [3.8, 4) is 0 Å². The van der Waals surface area contributed by atoms with Crippen LogP contribution in [-0.4, -0.2) is 11.1 Å². The maximum Gasteiger partial charge on any atom is 0.335 e. The topological polar surface area (TPSA) is 37.3 Å². The maximum absolute atomic E-state index is 11.0. The van der Waals surface area contributed by atoms with Gasteiger partial charge >= 0.3 is 5.97 Å². The largest absolute Gasteiger partial charge is 0.478 e. The zero-order valence-corrected chi connectivity index (χ0v) is 16.2. The summed E-state index contributed by atoms with van der Waals surface area (Å²) in [5.41, 5.74) is 8.61. The number of rotatable bonds is 3. The van der Waals surface area contributed by atoms with Crippen molar-refractivity contribution in [2.45, 2.75) is 53.4 Å². The first-order valence-corrected chi connectivity index (χ1v) is 9.40. The summed E-state index contributed by atoms with van der Waals surface area (Å²) in [6, 6.07) is 11.8. The van der Waals surface area contributed by atoms with Gasteiger partial charge in [0.1, 0.15) is 0 Å². The molecule has 0 saturated heterocycles. The summed E-state index contributed by atoms with van der Waals surface area (Å²) in [6.45, 7) is 9.08. The van der Waals surface area contributed by atoms with E-state index in [4.69, 9.17) is 5.11 Å². The molecule has 2 nitrogen and oxygen atoms in total. The lowest BCUT2D eigenvalue weighted by Crippen LogP contribution is -2.10. The van der Waals surface area contributed by atoms with E-state index in [1.807, 2.05) is 12.1 Å². The van der Waals surface area contributed by atoms with E-state index in [1.54, 1.807) is 12.1 Å². The molecule has 0 fully saturated rings. The van der Waals surface area contributed by atoms with E-state index >= 15 is 0 Å². The predicted molar refractivity (Wildman–Crippen MR) is 109 cm³/mol. The van der Waals surface area contributed by atoms with Gasteiger partial charge in [-0.25, -0.2) is 4.79 Å². The van der Waals surface area contributed by atoms with Crippen molar-refractivity contribution in [3.63, 3.8) is 0 Å². The number of aromatic carboxylic acids is 1. The number of hydrogen-bond acceptors (Lipinski definition) is 1. The number of fused-ring (bicyclic) bond motifs is 1. The highest BCUT2D eigenvalue weighted by molar-refractivity contribution is 5.88. The summed E-state index contributed by atoms with van der Waals surface area (Å²) >= 11 is 0. The molecule has 0 aliphatic heterocycles. The van der Waals surface area contributed by atoms with Gasteiger partial charge in [-0.2, -0.15) is 0 Å². The number of allylic oxidation sites excluding steroid dienone is 1. The molecule has 1 aliphatic rings. The van der Waals surface area contributed by atoms with Crippen molar-refractivity contribution in [3.05, 3.63) is 69.8 Å². The Kier molecular flexibility index (Phi) is 5.04. The number of aryl methyl sites for hydroxylation is 3. The number of carboxylic acid groups (broad SMARTS) is 1. The Bertz CT molecular complexity index is 855. The van der Waals surface area contributed by atoms with Crippen LogP contribution in [0, 0.1) is 12.3 Å². The fourth-order valence-electron chi connectivity index (χ4n) is 3.82. The first kappa shape index (κ1) is 18.4. The van der Waals surface area contributed by atoms with Crippen LogP contribution in [0.4, 0.5) is 0 Å². The summed E-state index contributed by atoms with van der Waals surface area (Å²) in [5.74, 6) is -0.887. The van der Waals surface area contributed by atoms with Crippen LogP contribution in [0.1, 0.15) is 71.8 Å². The Balaban J connectivity index is 1.91. The number of carboxylic acids is 1. The van der Waals surface area contributed by atoms with Gasteiger partial charge in [0.15, 0.2) is 0 Å². The molecule has 1 N–H and O–H groups in total. The van der Waals surface area contributed by atoms with Crippen molar-refractivity contribution in [1.82, 2.24) is 0 Å². The molecular formula is C24H28O2. The van der Waals surface area contributed by atoms with Gasteiger partial charge in [-0.1, -0.05) is 44.2 Å². The zero-order valence-electron chi connectivity index (χ0n) is 16.2. The van der Waals surface area contributed by atoms with Crippen molar-refractivity contribution in [2.24, 2.45) is 5.41 Å². The van der Waals surface area contributed by atoms with Crippen LogP contribution in [-0.2, 0) is 12.8 Å². The van der Waals surface area contributed by atoms with Crippen LogP contribution in [0.25, 0.3) is 11.6 Å². The highest BCUT2D eigenvalue weighted by Crippen LogP contribution is 2.35. The third kappa shape index (κ3) is 4.07. The minimum atomic E-state index is -0.887. The Hall–Kier alpha value is -2.35. The first-order valence-electron chi connectivity index (χ1n) is 9.40. The van der Waals surface area contributed by atoms with Crippen molar-refractivity contribution in [2.75, 3.05) is 0 Å². The monoisotopic (exact) mass is 348 g/mol.